The van der Waals surface area contributed by atoms with Gasteiger partial charge in [0, 0.05) is 19.6 Å². The Morgan fingerprint density at radius 2 is 0.732 bits per heavy atom. The van der Waals surface area contributed by atoms with E-state index in [9.17, 15) is 28.8 Å². The van der Waals surface area contributed by atoms with Crippen LogP contribution in [-0.4, -0.2) is 126 Å². The summed E-state index contributed by atoms with van der Waals surface area (Å²) in [5.74, 6) is -3.01. The fourth-order valence-electron chi connectivity index (χ4n) is 6.69. The van der Waals surface area contributed by atoms with Crippen LogP contribution in [0, 0.1) is 0 Å². The molecule has 0 saturated carbocycles. The second-order valence-corrected chi connectivity index (χ2v) is 13.3. The van der Waals surface area contributed by atoms with Crippen LogP contribution in [0.3, 0.4) is 0 Å². The van der Waals surface area contributed by atoms with Crippen LogP contribution in [0.25, 0.3) is 0 Å². The van der Waals surface area contributed by atoms with E-state index in [-0.39, 0.29) is 88.3 Å². The van der Waals surface area contributed by atoms with Crippen LogP contribution in [0.5, 0.6) is 0 Å². The van der Waals surface area contributed by atoms with Gasteiger partial charge in [0.15, 0.2) is 0 Å². The van der Waals surface area contributed by atoms with E-state index in [1.165, 1.54) is 14.7 Å². The van der Waals surface area contributed by atoms with Crippen molar-refractivity contribution in [2.75, 3.05) is 19.6 Å². The van der Waals surface area contributed by atoms with E-state index in [0.717, 1.165) is 16.7 Å². The summed E-state index contributed by atoms with van der Waals surface area (Å²) >= 11 is 0. The van der Waals surface area contributed by atoms with Gasteiger partial charge in [0.1, 0.15) is 37.9 Å². The number of likely N-dealkylation sites (tertiary alicyclic amines) is 3. The number of carbonyl (C=O) groups excluding carboxylic acids is 6. The van der Waals surface area contributed by atoms with Gasteiger partial charge in [-0.25, -0.2) is 14.4 Å². The van der Waals surface area contributed by atoms with Gasteiger partial charge in [-0.1, -0.05) is 91.0 Å². The van der Waals surface area contributed by atoms with Crippen LogP contribution in [0.2, 0.25) is 0 Å². The molecule has 0 N–H and O–H groups in total. The summed E-state index contributed by atoms with van der Waals surface area (Å²) in [5.41, 5.74) is 2.26. The summed E-state index contributed by atoms with van der Waals surface area (Å²) in [6.07, 6.45) is -0.262. The Hall–Kier alpha value is -5.06. The number of ether oxygens (including phenoxy) is 3. The summed E-state index contributed by atoms with van der Waals surface area (Å²) < 4.78 is 32.8. The van der Waals surface area contributed by atoms with E-state index in [0.29, 0.717) is 19.3 Å². The Labute approximate surface area is 346 Å². The summed E-state index contributed by atoms with van der Waals surface area (Å²) in [4.78, 5) is 83.6. The second-order valence-electron chi connectivity index (χ2n) is 13.3. The van der Waals surface area contributed by atoms with Gasteiger partial charge in [0.2, 0.25) is 0 Å². The SMILES string of the molecule is O=C(OB(OC(=O)[C@H]1CCCN1C(=O)OCc1ccccc1)OC(=O)[C@H]1CCCN1C(=O)OCc1ccccc1)[C@H]1CCCN1C(=O)OCc1ccccc1.[NaH]. The van der Waals surface area contributed by atoms with Crippen molar-refractivity contribution in [2.24, 2.45) is 0 Å². The molecule has 6 rings (SSSR count). The molecule has 0 bridgehead atoms. The van der Waals surface area contributed by atoms with Crippen molar-refractivity contribution in [3.63, 3.8) is 0 Å². The van der Waals surface area contributed by atoms with Gasteiger partial charge in [-0.05, 0) is 55.2 Å². The van der Waals surface area contributed by atoms with E-state index >= 15 is 0 Å². The molecule has 56 heavy (non-hydrogen) atoms. The average Bonchev–Trinajstić information content (AvgIpc) is 4.01. The van der Waals surface area contributed by atoms with Crippen molar-refractivity contribution in [1.82, 2.24) is 14.7 Å². The zero-order valence-electron chi connectivity index (χ0n) is 30.2. The van der Waals surface area contributed by atoms with Crippen molar-refractivity contribution in [3.8, 4) is 0 Å². The molecule has 0 unspecified atom stereocenters. The molecule has 0 aromatic heterocycles. The molecule has 3 aliphatic heterocycles. The van der Waals surface area contributed by atoms with Crippen LogP contribution in [0.15, 0.2) is 91.0 Å². The van der Waals surface area contributed by atoms with Gasteiger partial charge in [-0.3, -0.25) is 29.1 Å². The Kier molecular flexibility index (Phi) is 15.6. The summed E-state index contributed by atoms with van der Waals surface area (Å²) in [5, 5.41) is 0. The third kappa shape index (κ3) is 11.3. The van der Waals surface area contributed by atoms with Crippen LogP contribution < -0.4 is 0 Å². The van der Waals surface area contributed by atoms with Crippen LogP contribution in [0.4, 0.5) is 14.4 Å². The molecular formula is C39H43BN3NaO12. The molecule has 3 atom stereocenters. The molecule has 3 fully saturated rings. The molecule has 3 aromatic carbocycles. The maximum atomic E-state index is 13.6. The minimum atomic E-state index is -2.21. The second kappa shape index (κ2) is 20.7. The number of carbonyl (C=O) groups is 6. The van der Waals surface area contributed by atoms with Crippen LogP contribution in [0.1, 0.15) is 55.2 Å². The molecule has 0 radical (unpaired) electrons. The van der Waals surface area contributed by atoms with Crippen molar-refractivity contribution in [1.29, 1.82) is 0 Å². The fourth-order valence-corrected chi connectivity index (χ4v) is 6.69. The topological polar surface area (TPSA) is 168 Å². The first-order chi connectivity index (χ1) is 26.8. The molecule has 0 spiro atoms. The number of nitrogens with zero attached hydrogens (tertiary/aromatic N) is 3. The number of amides is 3. The molecule has 290 valence electrons. The molecule has 3 amide bonds. The average molecular weight is 780 g/mol. The molecule has 3 aliphatic rings. The Morgan fingerprint density at radius 1 is 0.464 bits per heavy atom. The number of hydrogen-bond donors (Lipinski definition) is 0. The Balaban J connectivity index is 0.00000600. The molecule has 15 nitrogen and oxygen atoms in total. The van der Waals surface area contributed by atoms with Crippen molar-refractivity contribution < 1.29 is 56.9 Å². The standard InChI is InChI=1S/C39H42BN3O12.Na.H/c44-34(31-19-10-22-41(31)37(47)50-25-28-13-4-1-5-14-28)53-40(54-35(45)32-20-11-23-42(32)38(48)51-26-29-15-6-2-7-16-29)55-36(46)33-21-12-24-43(33)39(49)52-27-30-17-8-3-9-18-30;;/h1-9,13-18,31-33H,10-12,19-27H2;;/t31-,32-,33-;;/m1../s1. The number of rotatable bonds is 12. The number of benzene rings is 3. The van der Waals surface area contributed by atoms with E-state index < -0.39 is 61.6 Å². The zero-order chi connectivity index (χ0) is 38.6. The molecule has 3 heterocycles. The van der Waals surface area contributed by atoms with Gasteiger partial charge >= 0.3 is 73.1 Å². The quantitative estimate of drug-likeness (QED) is 0.189. The van der Waals surface area contributed by atoms with Crippen molar-refractivity contribution in [3.05, 3.63) is 108 Å². The summed E-state index contributed by atoms with van der Waals surface area (Å²) in [6.45, 7) is 0.527. The van der Waals surface area contributed by atoms with Crippen LogP contribution in [-0.2, 0) is 62.4 Å². The van der Waals surface area contributed by atoms with Gasteiger partial charge in [-0.15, -0.1) is 0 Å². The predicted molar refractivity (Wildman–Crippen MR) is 200 cm³/mol. The molecule has 3 aromatic rings. The first-order valence-electron chi connectivity index (χ1n) is 18.3. The van der Waals surface area contributed by atoms with Gasteiger partial charge in [-0.2, -0.15) is 0 Å². The van der Waals surface area contributed by atoms with E-state index in [2.05, 4.69) is 0 Å². The number of hydrogen-bond acceptors (Lipinski definition) is 12. The third-order valence-electron chi connectivity index (χ3n) is 9.53. The Morgan fingerprint density at radius 3 is 1.00 bits per heavy atom. The molecular weight excluding hydrogens is 736 g/mol. The predicted octanol–water partition coefficient (Wildman–Crippen LogP) is 4.36. The molecule has 3 saturated heterocycles. The van der Waals surface area contributed by atoms with Crippen molar-refractivity contribution in [2.45, 2.75) is 76.5 Å². The van der Waals surface area contributed by atoms with E-state index in [1.807, 2.05) is 18.2 Å². The van der Waals surface area contributed by atoms with Gasteiger partial charge < -0.3 is 28.2 Å². The maximum absolute atomic E-state index is 13.6. The third-order valence-corrected chi connectivity index (χ3v) is 9.53. The Bertz CT molecular complexity index is 1600. The normalized spacial score (nSPS) is 18.6. The monoisotopic (exact) mass is 779 g/mol. The molecule has 0 aliphatic carbocycles. The van der Waals surface area contributed by atoms with Gasteiger partial charge in [0.25, 0.3) is 0 Å². The van der Waals surface area contributed by atoms with Crippen molar-refractivity contribution >= 4 is 73.1 Å². The fraction of sp³-hybridized carbons (Fsp3) is 0.385. The van der Waals surface area contributed by atoms with Crippen LogP contribution >= 0.6 is 0 Å². The minimum absolute atomic E-state index is 0. The van der Waals surface area contributed by atoms with Gasteiger partial charge in [0.05, 0.1) is 0 Å². The first kappa shape index (κ1) is 42.1. The van der Waals surface area contributed by atoms with E-state index in [1.54, 1.807) is 72.8 Å². The van der Waals surface area contributed by atoms with E-state index in [4.69, 9.17) is 28.2 Å². The molecule has 17 heteroatoms. The zero-order valence-corrected chi connectivity index (χ0v) is 30.2. The first-order valence-corrected chi connectivity index (χ1v) is 18.3. The summed E-state index contributed by atoms with van der Waals surface area (Å²) in [7, 11) is -2.21. The summed E-state index contributed by atoms with van der Waals surface area (Å²) in [6, 6.07) is 23.7.